The van der Waals surface area contributed by atoms with Gasteiger partial charge in [0, 0.05) is 11.8 Å². The largest absolute Gasteiger partial charge is 0.493 e. The van der Waals surface area contributed by atoms with Gasteiger partial charge in [-0.2, -0.15) is 13.9 Å². The Morgan fingerprint density at radius 2 is 1.74 bits per heavy atom. The van der Waals surface area contributed by atoms with Crippen LogP contribution >= 0.6 is 23.2 Å². The number of methoxy groups -OCH3 is 1. The fourth-order valence-corrected chi connectivity index (χ4v) is 5.85. The van der Waals surface area contributed by atoms with Crippen LogP contribution in [-0.2, 0) is 6.42 Å². The van der Waals surface area contributed by atoms with Crippen molar-refractivity contribution in [2.45, 2.75) is 32.4 Å². The molecular formula is C32H26Cl2F2N4O2. The van der Waals surface area contributed by atoms with Crippen molar-refractivity contribution >= 4 is 34.9 Å². The summed E-state index contributed by atoms with van der Waals surface area (Å²) in [5.74, 6) is 1.16. The number of ether oxygens (including phenoxy) is 2. The molecule has 4 aromatic rings. The third-order valence-corrected chi connectivity index (χ3v) is 7.62. The number of fused-ring (bicyclic) bond motifs is 2. The molecule has 3 aromatic carbocycles. The molecule has 10 heteroatoms. The number of aryl methyl sites for hydroxylation is 1. The van der Waals surface area contributed by atoms with Crippen LogP contribution in [0.15, 0.2) is 100 Å². The standard InChI is InChI=1S/C32H26Cl2F2N4O2/c1-3-7-19-10-12-20(13-11-19)28-27-29(21-14-15-25(42-32(35)36)26(16-21)41-2)39-18-22(33)17-24(34)30(39)37-31(27)40(38-28)23-8-5-4-6-9-23/h4-6,8-18,29,32H,3,7H2,1-2H3/t29-/m1/s1. The number of nitrogens with zero attached hydrogens (tertiary/aromatic N) is 4. The topological polar surface area (TPSA) is 51.9 Å². The number of halogens is 4. The van der Waals surface area contributed by atoms with Crippen LogP contribution < -0.4 is 9.47 Å². The zero-order chi connectivity index (χ0) is 29.4. The van der Waals surface area contributed by atoms with E-state index in [-0.39, 0.29) is 11.5 Å². The average molecular weight is 607 g/mol. The van der Waals surface area contributed by atoms with E-state index in [2.05, 4.69) is 31.2 Å². The number of benzene rings is 3. The number of para-hydroxylation sites is 1. The number of aromatic nitrogens is 2. The van der Waals surface area contributed by atoms with E-state index in [1.807, 2.05) is 35.2 Å². The van der Waals surface area contributed by atoms with E-state index in [1.165, 1.54) is 18.7 Å². The van der Waals surface area contributed by atoms with Crippen molar-refractivity contribution in [2.24, 2.45) is 4.99 Å². The Bertz CT molecular complexity index is 1720. The molecule has 2 aliphatic heterocycles. The molecule has 0 saturated heterocycles. The zero-order valence-corrected chi connectivity index (χ0v) is 24.3. The minimum atomic E-state index is -3.00. The number of alkyl halides is 2. The molecule has 0 radical (unpaired) electrons. The van der Waals surface area contributed by atoms with Gasteiger partial charge in [-0.25, -0.2) is 9.67 Å². The minimum Gasteiger partial charge on any atom is -0.493 e. The van der Waals surface area contributed by atoms with E-state index in [1.54, 1.807) is 29.1 Å². The molecule has 6 rings (SSSR count). The summed E-state index contributed by atoms with van der Waals surface area (Å²) in [5.41, 5.74) is 5.18. The Kier molecular flexibility index (Phi) is 7.75. The van der Waals surface area contributed by atoms with Crippen LogP contribution in [0, 0.1) is 0 Å². The zero-order valence-electron chi connectivity index (χ0n) is 22.8. The van der Waals surface area contributed by atoms with Crippen LogP contribution in [0.1, 0.15) is 36.1 Å². The average Bonchev–Trinajstić information content (AvgIpc) is 3.36. The normalized spacial score (nSPS) is 15.9. The Morgan fingerprint density at radius 1 is 0.976 bits per heavy atom. The van der Waals surface area contributed by atoms with Gasteiger partial charge in [0.15, 0.2) is 23.2 Å². The van der Waals surface area contributed by atoms with E-state index in [9.17, 15) is 8.78 Å². The van der Waals surface area contributed by atoms with Gasteiger partial charge in [-0.1, -0.05) is 85.1 Å². The Hall–Kier alpha value is -4.14. The van der Waals surface area contributed by atoms with E-state index >= 15 is 0 Å². The first kappa shape index (κ1) is 28.0. The third kappa shape index (κ3) is 5.16. The first-order valence-corrected chi connectivity index (χ1v) is 14.2. The number of rotatable bonds is 8. The van der Waals surface area contributed by atoms with E-state index in [0.29, 0.717) is 33.0 Å². The van der Waals surface area contributed by atoms with Crippen molar-refractivity contribution in [1.29, 1.82) is 0 Å². The Balaban J connectivity index is 1.63. The van der Waals surface area contributed by atoms with Gasteiger partial charge in [-0.05, 0) is 47.9 Å². The lowest BCUT2D eigenvalue weighted by molar-refractivity contribution is -0.0512. The smallest absolute Gasteiger partial charge is 0.387 e. The first-order chi connectivity index (χ1) is 20.4. The number of hydrogen-bond donors (Lipinski definition) is 0. The molecule has 0 aliphatic carbocycles. The van der Waals surface area contributed by atoms with Crippen LogP contribution in [0.2, 0.25) is 0 Å². The second-order valence-electron chi connectivity index (χ2n) is 9.82. The lowest BCUT2D eigenvalue weighted by atomic mass is 9.91. The van der Waals surface area contributed by atoms with E-state index < -0.39 is 12.7 Å². The van der Waals surface area contributed by atoms with Crippen molar-refractivity contribution in [2.75, 3.05) is 7.11 Å². The van der Waals surface area contributed by atoms with Crippen LogP contribution in [0.25, 0.3) is 16.9 Å². The van der Waals surface area contributed by atoms with Gasteiger partial charge in [-0.3, -0.25) is 0 Å². The summed E-state index contributed by atoms with van der Waals surface area (Å²) in [6.45, 7) is -0.849. The third-order valence-electron chi connectivity index (χ3n) is 7.13. The maximum absolute atomic E-state index is 13.1. The minimum absolute atomic E-state index is 0.0713. The molecule has 0 bridgehead atoms. The molecule has 0 N–H and O–H groups in total. The lowest BCUT2D eigenvalue weighted by Gasteiger charge is -2.37. The van der Waals surface area contributed by atoms with Crippen LogP contribution in [0.5, 0.6) is 11.5 Å². The molecule has 214 valence electrons. The molecule has 1 atom stereocenters. The first-order valence-electron chi connectivity index (χ1n) is 13.4. The summed E-state index contributed by atoms with van der Waals surface area (Å²) in [7, 11) is 1.41. The second kappa shape index (κ2) is 11.6. The van der Waals surface area contributed by atoms with Gasteiger partial charge in [-0.15, -0.1) is 0 Å². The summed E-state index contributed by atoms with van der Waals surface area (Å²) in [5, 5.41) is 5.87. The number of aliphatic imine (C=N–C) groups is 1. The van der Waals surface area contributed by atoms with Gasteiger partial charge in [0.05, 0.1) is 34.5 Å². The second-order valence-corrected chi connectivity index (χ2v) is 10.7. The van der Waals surface area contributed by atoms with Crippen molar-refractivity contribution in [3.63, 3.8) is 0 Å². The van der Waals surface area contributed by atoms with Crippen LogP contribution in [0.4, 0.5) is 14.6 Å². The number of hydrogen-bond acceptors (Lipinski definition) is 5. The van der Waals surface area contributed by atoms with Crippen LogP contribution in [0.3, 0.4) is 0 Å². The summed E-state index contributed by atoms with van der Waals surface area (Å²) in [6.07, 6.45) is 5.41. The van der Waals surface area contributed by atoms with Crippen molar-refractivity contribution in [3.8, 4) is 28.4 Å². The summed E-state index contributed by atoms with van der Waals surface area (Å²) in [4.78, 5) is 6.89. The van der Waals surface area contributed by atoms with Gasteiger partial charge < -0.3 is 14.4 Å². The molecule has 0 amide bonds. The summed E-state index contributed by atoms with van der Waals surface area (Å²) in [6, 6.07) is 22.4. The molecule has 1 aromatic heterocycles. The maximum atomic E-state index is 13.1. The highest BCUT2D eigenvalue weighted by atomic mass is 35.5. The fraction of sp³-hybridized carbons (Fsp3) is 0.188. The van der Waals surface area contributed by atoms with Gasteiger partial charge in [0.1, 0.15) is 5.69 Å². The Morgan fingerprint density at radius 3 is 2.43 bits per heavy atom. The number of amidine groups is 1. The number of allylic oxidation sites excluding steroid dienone is 2. The quantitative estimate of drug-likeness (QED) is 0.201. The molecule has 0 saturated carbocycles. The maximum Gasteiger partial charge on any atom is 0.387 e. The monoisotopic (exact) mass is 606 g/mol. The highest BCUT2D eigenvalue weighted by Crippen LogP contribution is 2.49. The van der Waals surface area contributed by atoms with Gasteiger partial charge >= 0.3 is 6.61 Å². The van der Waals surface area contributed by atoms with Gasteiger partial charge in [0.2, 0.25) is 0 Å². The van der Waals surface area contributed by atoms with E-state index in [0.717, 1.165) is 29.7 Å². The molecule has 3 heterocycles. The summed E-state index contributed by atoms with van der Waals surface area (Å²) < 4.78 is 38.2. The molecule has 2 aliphatic rings. The predicted molar refractivity (Wildman–Crippen MR) is 161 cm³/mol. The van der Waals surface area contributed by atoms with Crippen molar-refractivity contribution < 1.29 is 18.3 Å². The van der Waals surface area contributed by atoms with Crippen molar-refractivity contribution in [3.05, 3.63) is 112 Å². The molecule has 0 spiro atoms. The molecule has 0 fully saturated rings. The highest BCUT2D eigenvalue weighted by molar-refractivity contribution is 6.45. The summed E-state index contributed by atoms with van der Waals surface area (Å²) >= 11 is 13.2. The SMILES string of the molecule is CCCc1ccc(-c2nn(-c3ccccc3)c3c2[C@@H](c2ccc(OC(F)F)c(OC)c2)N2C=C(Cl)C=C(Cl)C2=N3)cc1. The lowest BCUT2D eigenvalue weighted by Crippen LogP contribution is -2.35. The molecule has 0 unspecified atom stereocenters. The van der Waals surface area contributed by atoms with Crippen LogP contribution in [-0.4, -0.2) is 34.2 Å². The predicted octanol–water partition coefficient (Wildman–Crippen LogP) is 8.75. The Labute approximate surface area is 252 Å². The van der Waals surface area contributed by atoms with Crippen molar-refractivity contribution in [1.82, 2.24) is 14.7 Å². The van der Waals surface area contributed by atoms with E-state index in [4.69, 9.17) is 42.8 Å². The molecular weight excluding hydrogens is 581 g/mol. The molecule has 6 nitrogen and oxygen atoms in total. The van der Waals surface area contributed by atoms with Gasteiger partial charge in [0.25, 0.3) is 0 Å². The fourth-order valence-electron chi connectivity index (χ4n) is 5.32. The molecule has 42 heavy (non-hydrogen) atoms. The highest BCUT2D eigenvalue weighted by Gasteiger charge is 2.39.